The van der Waals surface area contributed by atoms with E-state index < -0.39 is 5.97 Å². The number of pyridine rings is 1. The second-order valence-electron chi connectivity index (χ2n) is 3.27. The molecular formula is C12H15NO4. The van der Waals surface area contributed by atoms with E-state index in [4.69, 9.17) is 9.47 Å². The molecule has 5 heteroatoms. The Labute approximate surface area is 100 Å². The van der Waals surface area contributed by atoms with Crippen molar-refractivity contribution in [3.05, 3.63) is 29.7 Å². The second kappa shape index (κ2) is 5.89. The van der Waals surface area contributed by atoms with Crippen LogP contribution in [0.25, 0.3) is 5.57 Å². The number of carbonyl (C=O) groups is 1. The largest absolute Gasteiger partial charge is 0.503 e. The maximum absolute atomic E-state index is 11.6. The number of aryl methyl sites for hydroxylation is 1. The van der Waals surface area contributed by atoms with E-state index in [0.29, 0.717) is 11.4 Å². The van der Waals surface area contributed by atoms with E-state index in [-0.39, 0.29) is 5.57 Å². The van der Waals surface area contributed by atoms with Crippen molar-refractivity contribution in [2.45, 2.75) is 6.92 Å². The number of nitrogens with zero attached hydrogens (tertiary/aromatic N) is 1. The van der Waals surface area contributed by atoms with Crippen LogP contribution in [0.5, 0.6) is 5.88 Å². The molecule has 0 fully saturated rings. The van der Waals surface area contributed by atoms with Crippen LogP contribution in [0.3, 0.4) is 0 Å². The molecule has 0 spiro atoms. The molecule has 0 aliphatic carbocycles. The predicted octanol–water partition coefficient (Wildman–Crippen LogP) is 1.56. The molecule has 1 rings (SSSR count). The lowest BCUT2D eigenvalue weighted by atomic mass is 10.1. The number of aromatic nitrogens is 1. The minimum atomic E-state index is -0.504. The maximum Gasteiger partial charge on any atom is 0.341 e. The normalized spacial score (nSPS) is 10.9. The Morgan fingerprint density at radius 3 is 2.53 bits per heavy atom. The van der Waals surface area contributed by atoms with E-state index in [2.05, 4.69) is 9.72 Å². The summed E-state index contributed by atoms with van der Waals surface area (Å²) in [6.07, 6.45) is 1.31. The Morgan fingerprint density at radius 2 is 2.00 bits per heavy atom. The highest BCUT2D eigenvalue weighted by Gasteiger charge is 2.18. The lowest BCUT2D eigenvalue weighted by molar-refractivity contribution is -0.133. The molecule has 1 aromatic heterocycles. The Morgan fingerprint density at radius 1 is 1.29 bits per heavy atom. The van der Waals surface area contributed by atoms with Crippen molar-refractivity contribution < 1.29 is 19.0 Å². The van der Waals surface area contributed by atoms with Crippen molar-refractivity contribution in [2.24, 2.45) is 0 Å². The van der Waals surface area contributed by atoms with Crippen LogP contribution in [0, 0.1) is 6.92 Å². The van der Waals surface area contributed by atoms with E-state index in [9.17, 15) is 4.79 Å². The third kappa shape index (κ3) is 2.96. The molecule has 0 atom stereocenters. The third-order valence-electron chi connectivity index (χ3n) is 2.12. The second-order valence-corrected chi connectivity index (χ2v) is 3.27. The molecule has 17 heavy (non-hydrogen) atoms. The van der Waals surface area contributed by atoms with E-state index in [0.717, 1.165) is 5.69 Å². The molecule has 0 aliphatic rings. The highest BCUT2D eigenvalue weighted by Crippen LogP contribution is 2.25. The van der Waals surface area contributed by atoms with Gasteiger partial charge in [0.05, 0.1) is 33.2 Å². The zero-order valence-electron chi connectivity index (χ0n) is 10.3. The maximum atomic E-state index is 11.6. The fourth-order valence-electron chi connectivity index (χ4n) is 1.34. The van der Waals surface area contributed by atoms with Crippen LogP contribution >= 0.6 is 0 Å². The van der Waals surface area contributed by atoms with Gasteiger partial charge in [-0.25, -0.2) is 9.78 Å². The molecule has 0 unspecified atom stereocenters. The van der Waals surface area contributed by atoms with Crippen LogP contribution in [0.4, 0.5) is 0 Å². The Hall–Kier alpha value is -2.04. The van der Waals surface area contributed by atoms with Gasteiger partial charge in [-0.15, -0.1) is 0 Å². The summed E-state index contributed by atoms with van der Waals surface area (Å²) in [6.45, 7) is 1.84. The lowest BCUT2D eigenvalue weighted by Gasteiger charge is -2.10. The molecule has 1 heterocycles. The van der Waals surface area contributed by atoms with Gasteiger partial charge in [-0.3, -0.25) is 0 Å². The van der Waals surface area contributed by atoms with Crippen molar-refractivity contribution >= 4 is 11.5 Å². The minimum Gasteiger partial charge on any atom is -0.503 e. The van der Waals surface area contributed by atoms with E-state index in [1.54, 1.807) is 12.1 Å². The topological polar surface area (TPSA) is 57.7 Å². The molecule has 5 nitrogen and oxygen atoms in total. The molecule has 1 aromatic rings. The summed E-state index contributed by atoms with van der Waals surface area (Å²) in [4.78, 5) is 15.8. The Kier molecular flexibility index (Phi) is 4.51. The molecule has 0 saturated heterocycles. The number of rotatable bonds is 4. The molecule has 0 bridgehead atoms. The molecule has 0 N–H and O–H groups in total. The smallest absolute Gasteiger partial charge is 0.341 e. The molecule has 0 radical (unpaired) electrons. The molecular weight excluding hydrogens is 222 g/mol. The number of esters is 1. The molecule has 0 amide bonds. The van der Waals surface area contributed by atoms with Gasteiger partial charge in [0.15, 0.2) is 0 Å². The average Bonchev–Trinajstić information content (AvgIpc) is 2.35. The lowest BCUT2D eigenvalue weighted by Crippen LogP contribution is -2.07. The van der Waals surface area contributed by atoms with Crippen LogP contribution in [-0.4, -0.2) is 32.3 Å². The van der Waals surface area contributed by atoms with Gasteiger partial charge in [0.2, 0.25) is 5.88 Å². The van der Waals surface area contributed by atoms with Crippen molar-refractivity contribution in [2.75, 3.05) is 21.3 Å². The summed E-state index contributed by atoms with van der Waals surface area (Å²) in [7, 11) is 4.25. The first-order valence-electron chi connectivity index (χ1n) is 4.97. The van der Waals surface area contributed by atoms with Crippen LogP contribution in [0.1, 0.15) is 11.3 Å². The number of hydrogen-bond donors (Lipinski definition) is 0. The van der Waals surface area contributed by atoms with E-state index >= 15 is 0 Å². The fraction of sp³-hybridized carbons (Fsp3) is 0.333. The van der Waals surface area contributed by atoms with Gasteiger partial charge in [0, 0.05) is 5.69 Å². The van der Waals surface area contributed by atoms with Crippen LogP contribution < -0.4 is 4.74 Å². The number of carbonyl (C=O) groups excluding carboxylic acids is 1. The fourth-order valence-corrected chi connectivity index (χ4v) is 1.34. The van der Waals surface area contributed by atoms with Gasteiger partial charge in [-0.05, 0) is 19.1 Å². The minimum absolute atomic E-state index is 0.263. The molecule has 0 saturated carbocycles. The SMILES string of the molecule is CO/C=C(/C(=O)OC)c1ccc(C)nc1OC. The van der Waals surface area contributed by atoms with Crippen LogP contribution in [0.15, 0.2) is 18.4 Å². The summed E-state index contributed by atoms with van der Waals surface area (Å²) in [5.74, 6) is -0.144. The van der Waals surface area contributed by atoms with Crippen molar-refractivity contribution in [3.8, 4) is 5.88 Å². The van der Waals surface area contributed by atoms with Crippen LogP contribution in [0.2, 0.25) is 0 Å². The Balaban J connectivity index is 3.28. The molecule has 92 valence electrons. The number of hydrogen-bond acceptors (Lipinski definition) is 5. The summed E-state index contributed by atoms with van der Waals surface area (Å²) in [6, 6.07) is 3.52. The van der Waals surface area contributed by atoms with Crippen LogP contribution in [-0.2, 0) is 14.3 Å². The summed E-state index contributed by atoms with van der Waals surface area (Å²) in [5, 5.41) is 0. The quantitative estimate of drug-likeness (QED) is 0.452. The molecule has 0 aromatic carbocycles. The first-order valence-corrected chi connectivity index (χ1v) is 4.97. The zero-order chi connectivity index (χ0) is 12.8. The standard InChI is InChI=1S/C12H15NO4/c1-8-5-6-9(11(13-8)16-3)10(7-15-2)12(14)17-4/h5-7H,1-4H3/b10-7+. The van der Waals surface area contributed by atoms with Crippen molar-refractivity contribution in [1.29, 1.82) is 0 Å². The van der Waals surface area contributed by atoms with Crippen molar-refractivity contribution in [1.82, 2.24) is 4.98 Å². The van der Waals surface area contributed by atoms with Gasteiger partial charge in [0.1, 0.15) is 5.57 Å². The number of ether oxygens (including phenoxy) is 3. The summed E-state index contributed by atoms with van der Waals surface area (Å²) >= 11 is 0. The first-order chi connectivity index (χ1) is 8.13. The van der Waals surface area contributed by atoms with Gasteiger partial charge < -0.3 is 14.2 Å². The van der Waals surface area contributed by atoms with Gasteiger partial charge >= 0.3 is 5.97 Å². The Bertz CT molecular complexity index is 440. The summed E-state index contributed by atoms with van der Waals surface area (Å²) in [5.41, 5.74) is 1.60. The first kappa shape index (κ1) is 13.0. The average molecular weight is 237 g/mol. The zero-order valence-corrected chi connectivity index (χ0v) is 10.3. The third-order valence-corrected chi connectivity index (χ3v) is 2.12. The highest BCUT2D eigenvalue weighted by molar-refractivity contribution is 6.16. The number of methoxy groups -OCH3 is 3. The monoisotopic (exact) mass is 237 g/mol. The van der Waals surface area contributed by atoms with Gasteiger partial charge in [0.25, 0.3) is 0 Å². The van der Waals surface area contributed by atoms with Crippen molar-refractivity contribution in [3.63, 3.8) is 0 Å². The van der Waals surface area contributed by atoms with Gasteiger partial charge in [-0.1, -0.05) is 0 Å². The summed E-state index contributed by atoms with van der Waals surface area (Å²) < 4.78 is 14.7. The molecule has 0 aliphatic heterocycles. The van der Waals surface area contributed by atoms with E-state index in [1.807, 2.05) is 6.92 Å². The highest BCUT2D eigenvalue weighted by atomic mass is 16.5. The van der Waals surface area contributed by atoms with E-state index in [1.165, 1.54) is 27.6 Å². The van der Waals surface area contributed by atoms with Gasteiger partial charge in [-0.2, -0.15) is 0 Å². The predicted molar refractivity (Wildman–Crippen MR) is 62.5 cm³/mol.